The average molecular weight is 659 g/mol. The maximum atomic E-state index is 14.1. The highest BCUT2D eigenvalue weighted by atomic mass is 19.4. The number of aromatic nitrogens is 2. The molecule has 6 aromatic carbocycles. The van der Waals surface area contributed by atoms with Gasteiger partial charge in [0, 0.05) is 27.1 Å². The lowest BCUT2D eigenvalue weighted by atomic mass is 9.97. The lowest BCUT2D eigenvalue weighted by molar-refractivity contribution is -0.137. The summed E-state index contributed by atoms with van der Waals surface area (Å²) in [5.41, 5.74) is 8.99. The molecule has 0 fully saturated rings. The van der Waals surface area contributed by atoms with Crippen LogP contribution in [0.25, 0.3) is 71.0 Å². The van der Waals surface area contributed by atoms with Crippen molar-refractivity contribution >= 4 is 49.3 Å². The SMILES string of the molecule is [C-]#[N+]c1cc(-c2cc(C#N)c(-n3c4c(C)cccc4c4cccc(C)c43)c(-n3c4c(C)cccc4c4cccc(C)c43)c2)cc(C(F)(F)F)c1. The number of hydrogen-bond acceptors (Lipinski definition) is 1. The van der Waals surface area contributed by atoms with Crippen LogP contribution in [0.3, 0.4) is 0 Å². The molecule has 2 aromatic heterocycles. The Morgan fingerprint density at radius 3 is 1.46 bits per heavy atom. The maximum absolute atomic E-state index is 14.1. The first-order chi connectivity index (χ1) is 24.0. The molecule has 0 bridgehead atoms. The van der Waals surface area contributed by atoms with Gasteiger partial charge in [-0.05, 0) is 91.4 Å². The summed E-state index contributed by atoms with van der Waals surface area (Å²) in [7, 11) is 0. The second kappa shape index (κ2) is 11.1. The highest BCUT2D eigenvalue weighted by Gasteiger charge is 2.32. The minimum atomic E-state index is -4.66. The fourth-order valence-electron chi connectivity index (χ4n) is 7.66. The van der Waals surface area contributed by atoms with Crippen LogP contribution in [0.5, 0.6) is 0 Å². The van der Waals surface area contributed by atoms with Crippen LogP contribution in [-0.2, 0) is 6.18 Å². The average Bonchev–Trinajstić information content (AvgIpc) is 3.63. The smallest absolute Gasteiger partial charge is 0.307 e. The van der Waals surface area contributed by atoms with E-state index >= 15 is 0 Å². The second-order valence-corrected chi connectivity index (χ2v) is 12.9. The first-order valence-corrected chi connectivity index (χ1v) is 16.2. The highest BCUT2D eigenvalue weighted by Crippen LogP contribution is 2.44. The van der Waals surface area contributed by atoms with Gasteiger partial charge in [0.2, 0.25) is 0 Å². The Morgan fingerprint density at radius 1 is 0.600 bits per heavy atom. The Kier molecular flexibility index (Phi) is 6.89. The van der Waals surface area contributed by atoms with E-state index in [1.165, 1.54) is 6.07 Å². The summed E-state index contributed by atoms with van der Waals surface area (Å²) < 4.78 is 46.8. The van der Waals surface area contributed by atoms with Crippen molar-refractivity contribution in [3.8, 4) is 28.6 Å². The summed E-state index contributed by atoms with van der Waals surface area (Å²) in [5.74, 6) is 0. The third kappa shape index (κ3) is 4.51. The standard InChI is InChI=1S/C43H29F3N4/c1-24-10-6-14-33-34-15-7-11-25(2)39(34)49(38(24)33)37-21-28(29-19-31(43(44,45)46)22-32(20-29)48-5)18-30(23-47)42(37)50-40-26(3)12-8-16-35(40)36-17-9-13-27(4)41(36)50/h6-22H,1-4H3. The summed E-state index contributed by atoms with van der Waals surface area (Å²) in [6.07, 6.45) is -4.66. The third-order valence-electron chi connectivity index (χ3n) is 9.81. The molecule has 8 aromatic rings. The summed E-state index contributed by atoms with van der Waals surface area (Å²) in [4.78, 5) is 3.37. The fourth-order valence-corrected chi connectivity index (χ4v) is 7.66. The van der Waals surface area contributed by atoms with Crippen LogP contribution < -0.4 is 0 Å². The van der Waals surface area contributed by atoms with E-state index in [4.69, 9.17) is 6.57 Å². The monoisotopic (exact) mass is 658 g/mol. The molecule has 0 atom stereocenters. The number of benzene rings is 6. The molecular weight excluding hydrogens is 629 g/mol. The van der Waals surface area contributed by atoms with Gasteiger partial charge in [-0.25, -0.2) is 4.85 Å². The van der Waals surface area contributed by atoms with Crippen molar-refractivity contribution in [3.05, 3.63) is 148 Å². The second-order valence-electron chi connectivity index (χ2n) is 12.9. The molecule has 0 amide bonds. The van der Waals surface area contributed by atoms with E-state index in [-0.39, 0.29) is 11.3 Å². The lowest BCUT2D eigenvalue weighted by Crippen LogP contribution is -2.09. The molecule has 242 valence electrons. The Labute approximate surface area is 286 Å². The van der Waals surface area contributed by atoms with Crippen molar-refractivity contribution in [2.45, 2.75) is 33.9 Å². The zero-order valence-corrected chi connectivity index (χ0v) is 27.7. The molecule has 0 unspecified atom stereocenters. The van der Waals surface area contributed by atoms with Gasteiger partial charge in [0.25, 0.3) is 0 Å². The van der Waals surface area contributed by atoms with E-state index in [1.54, 1.807) is 6.07 Å². The van der Waals surface area contributed by atoms with Crippen molar-refractivity contribution in [2.24, 2.45) is 0 Å². The fraction of sp³-hybridized carbons (Fsp3) is 0.116. The van der Waals surface area contributed by atoms with Gasteiger partial charge in [-0.3, -0.25) is 0 Å². The van der Waals surface area contributed by atoms with Crippen LogP contribution in [0, 0.1) is 45.6 Å². The number of aryl methyl sites for hydroxylation is 4. The van der Waals surface area contributed by atoms with E-state index in [0.29, 0.717) is 22.5 Å². The van der Waals surface area contributed by atoms with Crippen molar-refractivity contribution in [2.75, 3.05) is 0 Å². The van der Waals surface area contributed by atoms with Gasteiger partial charge in [0.15, 0.2) is 5.69 Å². The van der Waals surface area contributed by atoms with Gasteiger partial charge in [0.05, 0.1) is 45.6 Å². The molecule has 0 saturated carbocycles. The Hall–Kier alpha value is -6.31. The number of hydrogen-bond donors (Lipinski definition) is 0. The summed E-state index contributed by atoms with van der Waals surface area (Å²) in [6.45, 7) is 15.8. The summed E-state index contributed by atoms with van der Waals surface area (Å²) >= 11 is 0. The number of para-hydroxylation sites is 4. The Bertz CT molecular complexity index is 2700. The zero-order valence-electron chi connectivity index (χ0n) is 27.7. The maximum Gasteiger partial charge on any atom is 0.415 e. The van der Waals surface area contributed by atoms with Gasteiger partial charge < -0.3 is 9.13 Å². The summed E-state index contributed by atoms with van der Waals surface area (Å²) in [6, 6.07) is 34.0. The third-order valence-corrected chi connectivity index (χ3v) is 9.81. The van der Waals surface area contributed by atoms with Crippen LogP contribution in [0.2, 0.25) is 0 Å². The molecular formula is C43H29F3N4. The predicted molar refractivity (Wildman–Crippen MR) is 195 cm³/mol. The number of alkyl halides is 3. The van der Waals surface area contributed by atoms with E-state index in [1.807, 2.05) is 56.3 Å². The molecule has 8 rings (SSSR count). The molecule has 0 aliphatic heterocycles. The van der Waals surface area contributed by atoms with Crippen LogP contribution in [-0.4, -0.2) is 9.13 Å². The molecule has 0 saturated heterocycles. The molecule has 0 spiro atoms. The Morgan fingerprint density at radius 2 is 1.04 bits per heavy atom. The van der Waals surface area contributed by atoms with E-state index in [2.05, 4.69) is 70.3 Å². The number of nitriles is 1. The van der Waals surface area contributed by atoms with Crippen molar-refractivity contribution in [3.63, 3.8) is 0 Å². The van der Waals surface area contributed by atoms with Crippen molar-refractivity contribution < 1.29 is 13.2 Å². The number of rotatable bonds is 3. The molecule has 2 heterocycles. The Balaban J connectivity index is 1.64. The van der Waals surface area contributed by atoms with Crippen molar-refractivity contribution in [1.29, 1.82) is 5.26 Å². The van der Waals surface area contributed by atoms with Crippen LogP contribution >= 0.6 is 0 Å². The van der Waals surface area contributed by atoms with Crippen LogP contribution in [0.1, 0.15) is 33.4 Å². The zero-order chi connectivity index (χ0) is 35.1. The highest BCUT2D eigenvalue weighted by molar-refractivity contribution is 6.14. The molecule has 0 aliphatic rings. The molecule has 0 N–H and O–H groups in total. The minimum absolute atomic E-state index is 0.129. The van der Waals surface area contributed by atoms with Gasteiger partial charge in [-0.15, -0.1) is 0 Å². The van der Waals surface area contributed by atoms with Crippen molar-refractivity contribution in [1.82, 2.24) is 9.13 Å². The van der Waals surface area contributed by atoms with E-state index in [9.17, 15) is 18.4 Å². The van der Waals surface area contributed by atoms with Crippen LogP contribution in [0.4, 0.5) is 18.9 Å². The molecule has 0 aliphatic carbocycles. The number of nitrogens with zero attached hydrogens (tertiary/aromatic N) is 4. The summed E-state index contributed by atoms with van der Waals surface area (Å²) in [5, 5.41) is 15.2. The molecule has 4 nitrogen and oxygen atoms in total. The van der Waals surface area contributed by atoms with Gasteiger partial charge in [-0.2, -0.15) is 18.4 Å². The lowest BCUT2D eigenvalue weighted by Gasteiger charge is -2.22. The quantitative estimate of drug-likeness (QED) is 0.174. The van der Waals surface area contributed by atoms with E-state index in [0.717, 1.165) is 78.0 Å². The topological polar surface area (TPSA) is 38.0 Å². The normalized spacial score (nSPS) is 11.9. The van der Waals surface area contributed by atoms with Crippen LogP contribution in [0.15, 0.2) is 103 Å². The molecule has 50 heavy (non-hydrogen) atoms. The minimum Gasteiger partial charge on any atom is -0.307 e. The number of fused-ring (bicyclic) bond motifs is 6. The first kappa shape index (κ1) is 31.0. The number of halogens is 3. The molecule has 7 heteroatoms. The first-order valence-electron chi connectivity index (χ1n) is 16.2. The largest absolute Gasteiger partial charge is 0.415 e. The van der Waals surface area contributed by atoms with Gasteiger partial charge >= 0.3 is 6.18 Å². The van der Waals surface area contributed by atoms with Gasteiger partial charge in [-0.1, -0.05) is 72.8 Å². The van der Waals surface area contributed by atoms with E-state index < -0.39 is 11.7 Å². The van der Waals surface area contributed by atoms with Gasteiger partial charge in [0.1, 0.15) is 6.07 Å². The molecule has 0 radical (unpaired) electrons. The predicted octanol–water partition coefficient (Wildman–Crippen LogP) is 12.2.